The highest BCUT2D eigenvalue weighted by Gasteiger charge is 2.32. The van der Waals surface area contributed by atoms with Crippen LogP contribution in [0.4, 0.5) is 13.2 Å². The second kappa shape index (κ2) is 14.3. The van der Waals surface area contributed by atoms with E-state index in [0.29, 0.717) is 45.3 Å². The van der Waals surface area contributed by atoms with Gasteiger partial charge >= 0.3 is 6.18 Å². The lowest BCUT2D eigenvalue weighted by atomic mass is 9.82. The van der Waals surface area contributed by atoms with Gasteiger partial charge in [-0.15, -0.1) is 0 Å². The number of alkyl halides is 3. The van der Waals surface area contributed by atoms with Gasteiger partial charge in [-0.1, -0.05) is 12.2 Å². The van der Waals surface area contributed by atoms with Crippen LogP contribution in [0.5, 0.6) is 0 Å². The first-order valence-electron chi connectivity index (χ1n) is 11.9. The normalized spacial score (nSPS) is 19.8. The predicted octanol–water partition coefficient (Wildman–Crippen LogP) is 2.99. The third kappa shape index (κ3) is 9.82. The number of nitrogens with zero attached hydrogens (tertiary/aromatic N) is 2. The first kappa shape index (κ1) is 29.7. The van der Waals surface area contributed by atoms with Crippen LogP contribution in [0.1, 0.15) is 31.2 Å². The quantitative estimate of drug-likeness (QED) is 0.289. The maximum atomic E-state index is 12.8. The van der Waals surface area contributed by atoms with Crippen molar-refractivity contribution < 1.29 is 36.5 Å². The van der Waals surface area contributed by atoms with Crippen LogP contribution in [-0.4, -0.2) is 87.5 Å². The van der Waals surface area contributed by atoms with Crippen molar-refractivity contribution in [2.45, 2.75) is 36.8 Å². The molecule has 35 heavy (non-hydrogen) atoms. The summed E-state index contributed by atoms with van der Waals surface area (Å²) in [5.74, 6) is 0.612. The van der Waals surface area contributed by atoms with Crippen molar-refractivity contribution in [3.63, 3.8) is 0 Å². The first-order chi connectivity index (χ1) is 16.6. The zero-order chi connectivity index (χ0) is 25.9. The van der Waals surface area contributed by atoms with Crippen LogP contribution >= 0.6 is 0 Å². The fourth-order valence-corrected chi connectivity index (χ4v) is 5.46. The summed E-state index contributed by atoms with van der Waals surface area (Å²) in [5, 5.41) is 18.0. The fourth-order valence-electron chi connectivity index (χ4n) is 4.21. The largest absolute Gasteiger partial charge is 0.416 e. The monoisotopic (exact) mass is 522 g/mol. The Morgan fingerprint density at radius 2 is 1.57 bits per heavy atom. The molecule has 11 heteroatoms. The summed E-state index contributed by atoms with van der Waals surface area (Å²) in [4.78, 5) is 1.80. The van der Waals surface area contributed by atoms with Gasteiger partial charge in [0.15, 0.2) is 0 Å². The Kier molecular flexibility index (Phi) is 12.1. The molecule has 200 valence electrons. The molecule has 2 rings (SSSR count). The molecule has 1 aromatic rings. The van der Waals surface area contributed by atoms with E-state index in [1.807, 2.05) is 17.1 Å². The Bertz CT molecular complexity index is 864. The van der Waals surface area contributed by atoms with E-state index in [9.17, 15) is 21.6 Å². The lowest BCUT2D eigenvalue weighted by Gasteiger charge is -2.30. The molecule has 0 aromatic heterocycles. The number of rotatable bonds is 14. The number of benzene rings is 1. The summed E-state index contributed by atoms with van der Waals surface area (Å²) >= 11 is 0. The summed E-state index contributed by atoms with van der Waals surface area (Å²) in [7, 11) is -2.38. The van der Waals surface area contributed by atoms with E-state index in [1.165, 1.54) is 11.4 Å². The number of hydrogen-bond donors (Lipinski definition) is 2. The smallest absolute Gasteiger partial charge is 0.395 e. The van der Waals surface area contributed by atoms with Gasteiger partial charge in [-0.05, 0) is 61.8 Å². The highest BCUT2D eigenvalue weighted by molar-refractivity contribution is 7.89. The van der Waals surface area contributed by atoms with Crippen LogP contribution in [0.25, 0.3) is 0 Å². The Balaban J connectivity index is 1.71. The first-order valence-corrected chi connectivity index (χ1v) is 13.3. The molecular weight excluding hydrogens is 485 g/mol. The SMILES string of the molecule is CN(C[C@H]1CC[C@H](COCC=CCN(CCO)CCO)CC1)S(=O)(=O)c1ccc(C(F)(F)F)cc1. The summed E-state index contributed by atoms with van der Waals surface area (Å²) in [6.07, 6.45) is 2.98. The second-order valence-electron chi connectivity index (χ2n) is 8.95. The van der Waals surface area contributed by atoms with Crippen LogP contribution in [0, 0.1) is 11.8 Å². The number of halogens is 3. The minimum absolute atomic E-state index is 0.0454. The molecule has 0 aliphatic heterocycles. The molecule has 1 aliphatic carbocycles. The van der Waals surface area contributed by atoms with E-state index < -0.39 is 21.8 Å². The molecule has 2 N–H and O–H groups in total. The van der Waals surface area contributed by atoms with Crippen molar-refractivity contribution in [1.82, 2.24) is 9.21 Å². The minimum Gasteiger partial charge on any atom is -0.395 e. The molecule has 0 spiro atoms. The van der Waals surface area contributed by atoms with Crippen molar-refractivity contribution in [3.05, 3.63) is 42.0 Å². The van der Waals surface area contributed by atoms with Crippen molar-refractivity contribution in [3.8, 4) is 0 Å². The molecule has 0 heterocycles. The van der Waals surface area contributed by atoms with Crippen molar-refractivity contribution in [2.75, 3.05) is 59.7 Å². The van der Waals surface area contributed by atoms with Gasteiger partial charge in [-0.3, -0.25) is 4.90 Å². The standard InChI is InChI=1S/C24H37F3N2O5S/c1-28(35(32,33)23-10-8-22(9-11-23)24(25,26)27)18-20-4-6-21(7-5-20)19-34-17-3-2-12-29(13-15-30)14-16-31/h2-3,8-11,20-21,30-31H,4-7,12-19H2,1H3/t20-,21-. The fraction of sp³-hybridized carbons (Fsp3) is 0.667. The molecule has 0 unspecified atom stereocenters. The average molecular weight is 523 g/mol. The maximum Gasteiger partial charge on any atom is 0.416 e. The molecular formula is C24H37F3N2O5S. The van der Waals surface area contributed by atoms with Crippen LogP contribution in [0.15, 0.2) is 41.3 Å². The molecule has 0 saturated heterocycles. The molecule has 0 atom stereocenters. The van der Waals surface area contributed by atoms with Crippen molar-refractivity contribution >= 4 is 10.0 Å². The van der Waals surface area contributed by atoms with Gasteiger partial charge < -0.3 is 14.9 Å². The van der Waals surface area contributed by atoms with Crippen molar-refractivity contribution in [1.29, 1.82) is 0 Å². The van der Waals surface area contributed by atoms with E-state index in [0.717, 1.165) is 49.9 Å². The van der Waals surface area contributed by atoms with Gasteiger partial charge in [0.1, 0.15) is 0 Å². The summed E-state index contributed by atoms with van der Waals surface area (Å²) in [6.45, 7) is 3.20. The zero-order valence-corrected chi connectivity index (χ0v) is 21.0. The Hall–Kier alpha value is -1.50. The Labute approximate surface area is 206 Å². The van der Waals surface area contributed by atoms with E-state index in [-0.39, 0.29) is 24.0 Å². The molecule has 1 aliphatic rings. The lowest BCUT2D eigenvalue weighted by Crippen LogP contribution is -2.34. The van der Waals surface area contributed by atoms with E-state index >= 15 is 0 Å². The third-order valence-corrected chi connectivity index (χ3v) is 8.14. The predicted molar refractivity (Wildman–Crippen MR) is 127 cm³/mol. The molecule has 0 radical (unpaired) electrons. The number of ether oxygens (including phenoxy) is 1. The molecule has 1 aromatic carbocycles. The number of aliphatic hydroxyl groups excluding tert-OH is 2. The lowest BCUT2D eigenvalue weighted by molar-refractivity contribution is -0.137. The van der Waals surface area contributed by atoms with Gasteiger partial charge in [0.25, 0.3) is 0 Å². The van der Waals surface area contributed by atoms with Gasteiger partial charge in [0, 0.05) is 39.8 Å². The maximum absolute atomic E-state index is 12.8. The van der Waals surface area contributed by atoms with E-state index in [1.54, 1.807) is 0 Å². The Morgan fingerprint density at radius 3 is 2.11 bits per heavy atom. The van der Waals surface area contributed by atoms with Crippen LogP contribution in [0.3, 0.4) is 0 Å². The number of sulfonamides is 1. The van der Waals surface area contributed by atoms with Gasteiger partial charge in [0.2, 0.25) is 10.0 Å². The van der Waals surface area contributed by atoms with Crippen LogP contribution in [-0.2, 0) is 20.9 Å². The second-order valence-corrected chi connectivity index (χ2v) is 11.0. The Morgan fingerprint density at radius 1 is 1.00 bits per heavy atom. The van der Waals surface area contributed by atoms with Crippen LogP contribution in [0.2, 0.25) is 0 Å². The molecule has 7 nitrogen and oxygen atoms in total. The summed E-state index contributed by atoms with van der Waals surface area (Å²) in [6, 6.07) is 3.60. The zero-order valence-electron chi connectivity index (χ0n) is 20.2. The highest BCUT2D eigenvalue weighted by Crippen LogP contribution is 2.32. The van der Waals surface area contributed by atoms with Gasteiger partial charge in [-0.2, -0.15) is 13.2 Å². The van der Waals surface area contributed by atoms with Crippen molar-refractivity contribution in [2.24, 2.45) is 11.8 Å². The number of hydrogen-bond acceptors (Lipinski definition) is 6. The average Bonchev–Trinajstić information content (AvgIpc) is 2.82. The van der Waals surface area contributed by atoms with E-state index in [4.69, 9.17) is 14.9 Å². The molecule has 1 saturated carbocycles. The van der Waals surface area contributed by atoms with Gasteiger partial charge in [0.05, 0.1) is 30.3 Å². The van der Waals surface area contributed by atoms with Crippen LogP contribution < -0.4 is 0 Å². The topological polar surface area (TPSA) is 90.3 Å². The molecule has 0 amide bonds. The molecule has 0 bridgehead atoms. The summed E-state index contributed by atoms with van der Waals surface area (Å²) in [5.41, 5.74) is -0.875. The highest BCUT2D eigenvalue weighted by atomic mass is 32.2. The van der Waals surface area contributed by atoms with E-state index in [2.05, 4.69) is 0 Å². The molecule has 1 fully saturated rings. The number of aliphatic hydroxyl groups is 2. The third-order valence-electron chi connectivity index (χ3n) is 6.30. The van der Waals surface area contributed by atoms with Gasteiger partial charge in [-0.25, -0.2) is 12.7 Å². The minimum atomic E-state index is -4.51. The summed E-state index contributed by atoms with van der Waals surface area (Å²) < 4.78 is 70.7.